The van der Waals surface area contributed by atoms with Gasteiger partial charge in [-0.2, -0.15) is 0 Å². The summed E-state index contributed by atoms with van der Waals surface area (Å²) >= 11 is 0. The van der Waals surface area contributed by atoms with Crippen LogP contribution in [0.3, 0.4) is 0 Å². The summed E-state index contributed by atoms with van der Waals surface area (Å²) in [6.45, 7) is 0. The second kappa shape index (κ2) is 2.15. The number of hydrogen-bond donors (Lipinski definition) is 0. The van der Waals surface area contributed by atoms with E-state index in [4.69, 9.17) is 0 Å². The van der Waals surface area contributed by atoms with Crippen molar-refractivity contribution in [1.29, 1.82) is 0 Å². The molecule has 0 atom stereocenters. The fourth-order valence-corrected chi connectivity index (χ4v) is 0.275. The maximum Gasteiger partial charge on any atom is 0.354 e. The van der Waals surface area contributed by atoms with Gasteiger partial charge >= 0.3 is 6.01 Å². The number of nitrogens with zero attached hydrogens (tertiary/aromatic N) is 4. The summed E-state index contributed by atoms with van der Waals surface area (Å²) in [6.07, 6.45) is 1.24. The molecule has 0 aromatic carbocycles. The molecule has 0 N–H and O–H groups in total. The van der Waals surface area contributed by atoms with E-state index in [1.165, 1.54) is 13.4 Å². The van der Waals surface area contributed by atoms with E-state index in [-0.39, 0.29) is 6.01 Å². The summed E-state index contributed by atoms with van der Waals surface area (Å²) in [6, 6.07) is 0.188. The van der Waals surface area contributed by atoms with Gasteiger partial charge in [0.1, 0.15) is 0 Å². The molecule has 1 aromatic heterocycles. The Balaban J connectivity index is 2.83. The Hall–Kier alpha value is -1.26. The molecular formula is C3H4N4O. The van der Waals surface area contributed by atoms with Crippen LogP contribution in [-0.4, -0.2) is 27.5 Å². The summed E-state index contributed by atoms with van der Waals surface area (Å²) in [5.74, 6) is 0. The zero-order valence-electron chi connectivity index (χ0n) is 4.27. The first-order chi connectivity index (χ1) is 3.93. The van der Waals surface area contributed by atoms with Crippen molar-refractivity contribution >= 4 is 0 Å². The molecule has 8 heavy (non-hydrogen) atoms. The van der Waals surface area contributed by atoms with Gasteiger partial charge in [0.15, 0.2) is 6.33 Å². The van der Waals surface area contributed by atoms with Gasteiger partial charge in [-0.1, -0.05) is 10.2 Å². The van der Waals surface area contributed by atoms with Gasteiger partial charge in [-0.25, -0.2) is 0 Å². The maximum absolute atomic E-state index is 4.57. The van der Waals surface area contributed by atoms with Gasteiger partial charge in [0.05, 0.1) is 7.11 Å². The van der Waals surface area contributed by atoms with Crippen molar-refractivity contribution < 1.29 is 4.74 Å². The molecule has 0 unspecified atom stereocenters. The Bertz CT molecular complexity index is 153. The lowest BCUT2D eigenvalue weighted by molar-refractivity contribution is 0.365. The number of aromatic nitrogens is 4. The Kier molecular flexibility index (Phi) is 1.32. The summed E-state index contributed by atoms with van der Waals surface area (Å²) in [5.41, 5.74) is 0. The lowest BCUT2D eigenvalue weighted by Gasteiger charge is -1.88. The normalized spacial score (nSPS) is 8.62. The molecule has 0 aliphatic carbocycles. The van der Waals surface area contributed by atoms with E-state index in [2.05, 4.69) is 25.1 Å². The van der Waals surface area contributed by atoms with Crippen LogP contribution in [0.1, 0.15) is 0 Å². The van der Waals surface area contributed by atoms with E-state index >= 15 is 0 Å². The number of methoxy groups -OCH3 is 1. The molecule has 0 radical (unpaired) electrons. The lowest BCUT2D eigenvalue weighted by atomic mass is 11.2. The minimum absolute atomic E-state index is 0.188. The molecule has 1 aromatic rings. The highest BCUT2D eigenvalue weighted by Crippen LogP contribution is 1.87. The summed E-state index contributed by atoms with van der Waals surface area (Å²) in [7, 11) is 1.46. The van der Waals surface area contributed by atoms with Gasteiger partial charge in [-0.15, -0.1) is 10.2 Å². The van der Waals surface area contributed by atoms with Crippen molar-refractivity contribution in [2.45, 2.75) is 0 Å². The molecule has 5 nitrogen and oxygen atoms in total. The van der Waals surface area contributed by atoms with Gasteiger partial charge in [0.2, 0.25) is 0 Å². The van der Waals surface area contributed by atoms with Gasteiger partial charge in [-0.05, 0) is 0 Å². The van der Waals surface area contributed by atoms with Gasteiger partial charge in [0.25, 0.3) is 0 Å². The maximum atomic E-state index is 4.57. The van der Waals surface area contributed by atoms with Crippen LogP contribution in [0.5, 0.6) is 6.01 Å². The van der Waals surface area contributed by atoms with E-state index in [1.807, 2.05) is 0 Å². The molecule has 42 valence electrons. The lowest BCUT2D eigenvalue weighted by Crippen LogP contribution is -1.94. The number of rotatable bonds is 1. The standard InChI is InChI=1S/C3H4N4O/c1-8-3-6-4-2-5-7-3/h2H,1H3. The van der Waals surface area contributed by atoms with E-state index in [0.717, 1.165) is 0 Å². The number of hydrogen-bond acceptors (Lipinski definition) is 5. The smallest absolute Gasteiger partial charge is 0.354 e. The van der Waals surface area contributed by atoms with E-state index < -0.39 is 0 Å². The van der Waals surface area contributed by atoms with E-state index in [1.54, 1.807) is 0 Å². The van der Waals surface area contributed by atoms with Crippen LogP contribution in [0, 0.1) is 0 Å². The van der Waals surface area contributed by atoms with Crippen LogP contribution in [0.25, 0.3) is 0 Å². The molecule has 1 rings (SSSR count). The van der Waals surface area contributed by atoms with Gasteiger partial charge < -0.3 is 4.74 Å². The quantitative estimate of drug-likeness (QED) is 0.479. The Morgan fingerprint density at radius 1 is 1.38 bits per heavy atom. The summed E-state index contributed by atoms with van der Waals surface area (Å²) < 4.78 is 4.57. The van der Waals surface area contributed by atoms with Gasteiger partial charge in [-0.3, -0.25) is 0 Å². The van der Waals surface area contributed by atoms with Crippen molar-refractivity contribution in [2.75, 3.05) is 7.11 Å². The van der Waals surface area contributed by atoms with Crippen molar-refractivity contribution in [3.8, 4) is 6.01 Å². The van der Waals surface area contributed by atoms with Gasteiger partial charge in [0, 0.05) is 0 Å². The summed E-state index contributed by atoms with van der Waals surface area (Å²) in [4.78, 5) is 0. The molecule has 0 fully saturated rings. The monoisotopic (exact) mass is 112 g/mol. The topological polar surface area (TPSA) is 60.8 Å². The van der Waals surface area contributed by atoms with Crippen LogP contribution >= 0.6 is 0 Å². The van der Waals surface area contributed by atoms with Crippen LogP contribution in [-0.2, 0) is 0 Å². The molecule has 0 bridgehead atoms. The molecule has 0 saturated heterocycles. The SMILES string of the molecule is COc1nncnn1. The van der Waals surface area contributed by atoms with Crippen molar-refractivity contribution in [2.24, 2.45) is 0 Å². The molecule has 0 aliphatic rings. The molecule has 0 aliphatic heterocycles. The first-order valence-electron chi connectivity index (χ1n) is 1.98. The third-order valence-corrected chi connectivity index (χ3v) is 0.572. The van der Waals surface area contributed by atoms with Crippen molar-refractivity contribution in [3.05, 3.63) is 6.33 Å². The first kappa shape index (κ1) is 4.89. The van der Waals surface area contributed by atoms with Crippen LogP contribution in [0.15, 0.2) is 6.33 Å². The minimum Gasteiger partial charge on any atom is -0.465 e. The fourth-order valence-electron chi connectivity index (χ4n) is 0.275. The average Bonchev–Trinajstić information content (AvgIpc) is 1.90. The van der Waals surface area contributed by atoms with Crippen LogP contribution < -0.4 is 4.74 Å². The predicted octanol–water partition coefficient (Wildman–Crippen LogP) is -0.725. The molecule has 5 heteroatoms. The molecule has 0 amide bonds. The Labute approximate surface area is 45.7 Å². The fraction of sp³-hybridized carbons (Fsp3) is 0.333. The minimum atomic E-state index is 0.188. The van der Waals surface area contributed by atoms with E-state index in [9.17, 15) is 0 Å². The second-order valence-electron chi connectivity index (χ2n) is 1.03. The number of ether oxygens (including phenoxy) is 1. The third kappa shape index (κ3) is 0.868. The molecule has 0 spiro atoms. The first-order valence-corrected chi connectivity index (χ1v) is 1.98. The molecular weight excluding hydrogens is 108 g/mol. The Morgan fingerprint density at radius 3 is 2.38 bits per heavy atom. The molecule has 1 heterocycles. The highest BCUT2D eigenvalue weighted by molar-refractivity contribution is 4.79. The second-order valence-corrected chi connectivity index (χ2v) is 1.03. The van der Waals surface area contributed by atoms with E-state index in [0.29, 0.717) is 0 Å². The highest BCUT2D eigenvalue weighted by Gasteiger charge is 1.87. The predicted molar refractivity (Wildman–Crippen MR) is 24.2 cm³/mol. The highest BCUT2D eigenvalue weighted by atomic mass is 16.5. The summed E-state index contributed by atoms with van der Waals surface area (Å²) in [5, 5.41) is 13.7. The Morgan fingerprint density at radius 2 is 2.00 bits per heavy atom. The molecule has 0 saturated carbocycles. The third-order valence-electron chi connectivity index (χ3n) is 0.572. The average molecular weight is 112 g/mol. The van der Waals surface area contributed by atoms with Crippen LogP contribution in [0.2, 0.25) is 0 Å². The largest absolute Gasteiger partial charge is 0.465 e. The zero-order valence-corrected chi connectivity index (χ0v) is 4.27. The van der Waals surface area contributed by atoms with Crippen LogP contribution in [0.4, 0.5) is 0 Å². The van der Waals surface area contributed by atoms with Crippen molar-refractivity contribution in [1.82, 2.24) is 20.4 Å². The van der Waals surface area contributed by atoms with Crippen molar-refractivity contribution in [3.63, 3.8) is 0 Å². The zero-order chi connectivity index (χ0) is 5.82.